The second-order valence-electron chi connectivity index (χ2n) is 5.55. The minimum atomic E-state index is 0.304. The van der Waals surface area contributed by atoms with E-state index in [1.54, 1.807) is 0 Å². The SMILES string of the molecule is Cc1cccc(C2(CN)C3CN(C)CC32)c1. The highest BCUT2D eigenvalue weighted by Crippen LogP contribution is 2.62. The molecule has 1 aliphatic carbocycles. The third kappa shape index (κ3) is 1.20. The minimum Gasteiger partial charge on any atom is -0.330 e. The smallest absolute Gasteiger partial charge is 0.0163 e. The summed E-state index contributed by atoms with van der Waals surface area (Å²) in [7, 11) is 2.21. The van der Waals surface area contributed by atoms with E-state index in [0.29, 0.717) is 5.41 Å². The summed E-state index contributed by atoms with van der Waals surface area (Å²) in [4.78, 5) is 2.43. The van der Waals surface area contributed by atoms with Gasteiger partial charge >= 0.3 is 0 Å². The first-order valence-corrected chi connectivity index (χ1v) is 6.14. The molecule has 1 aliphatic heterocycles. The number of fused-ring (bicyclic) bond motifs is 1. The number of hydrogen-bond acceptors (Lipinski definition) is 2. The molecule has 1 heterocycles. The van der Waals surface area contributed by atoms with Gasteiger partial charge in [-0.05, 0) is 31.4 Å². The first-order chi connectivity index (χ1) is 7.68. The molecule has 2 aliphatic rings. The Labute approximate surface area is 97.4 Å². The average molecular weight is 216 g/mol. The van der Waals surface area contributed by atoms with Crippen LogP contribution in [0.4, 0.5) is 0 Å². The fraction of sp³-hybridized carbons (Fsp3) is 0.571. The fourth-order valence-electron chi connectivity index (χ4n) is 3.71. The van der Waals surface area contributed by atoms with Gasteiger partial charge in [0.05, 0.1) is 0 Å². The molecular formula is C14H20N2. The van der Waals surface area contributed by atoms with Crippen LogP contribution < -0.4 is 5.73 Å². The Morgan fingerprint density at radius 2 is 2.06 bits per heavy atom. The van der Waals surface area contributed by atoms with E-state index in [0.717, 1.165) is 18.4 Å². The van der Waals surface area contributed by atoms with E-state index < -0.39 is 0 Å². The summed E-state index contributed by atoms with van der Waals surface area (Å²) in [6, 6.07) is 8.92. The van der Waals surface area contributed by atoms with Crippen LogP contribution in [-0.4, -0.2) is 31.6 Å². The summed E-state index contributed by atoms with van der Waals surface area (Å²) in [6.07, 6.45) is 0. The third-order valence-corrected chi connectivity index (χ3v) is 4.61. The molecule has 2 N–H and O–H groups in total. The second-order valence-corrected chi connectivity index (χ2v) is 5.55. The maximum atomic E-state index is 6.07. The van der Waals surface area contributed by atoms with E-state index >= 15 is 0 Å². The highest BCUT2D eigenvalue weighted by Gasteiger charge is 2.67. The van der Waals surface area contributed by atoms with Gasteiger partial charge in [0.1, 0.15) is 0 Å². The van der Waals surface area contributed by atoms with Gasteiger partial charge in [0.15, 0.2) is 0 Å². The van der Waals surface area contributed by atoms with Crippen molar-refractivity contribution in [3.63, 3.8) is 0 Å². The van der Waals surface area contributed by atoms with Gasteiger partial charge in [-0.15, -0.1) is 0 Å². The molecule has 2 atom stereocenters. The molecule has 1 saturated carbocycles. The summed E-state index contributed by atoms with van der Waals surface area (Å²) in [5.74, 6) is 1.59. The summed E-state index contributed by atoms with van der Waals surface area (Å²) >= 11 is 0. The molecule has 0 amide bonds. The first-order valence-electron chi connectivity index (χ1n) is 6.14. The highest BCUT2D eigenvalue weighted by atomic mass is 15.2. The monoisotopic (exact) mass is 216 g/mol. The predicted molar refractivity (Wildman–Crippen MR) is 66.4 cm³/mol. The molecule has 2 heteroatoms. The molecule has 1 aromatic rings. The largest absolute Gasteiger partial charge is 0.330 e. The van der Waals surface area contributed by atoms with Crippen LogP contribution in [0.15, 0.2) is 24.3 Å². The van der Waals surface area contributed by atoms with Gasteiger partial charge in [0, 0.05) is 25.0 Å². The molecule has 16 heavy (non-hydrogen) atoms. The Morgan fingerprint density at radius 3 is 2.62 bits per heavy atom. The Bertz CT molecular complexity index is 401. The molecule has 2 nitrogen and oxygen atoms in total. The third-order valence-electron chi connectivity index (χ3n) is 4.61. The van der Waals surface area contributed by atoms with E-state index in [2.05, 4.69) is 43.1 Å². The summed E-state index contributed by atoms with van der Waals surface area (Å²) in [5, 5.41) is 0. The van der Waals surface area contributed by atoms with E-state index in [9.17, 15) is 0 Å². The molecule has 3 rings (SSSR count). The number of hydrogen-bond donors (Lipinski definition) is 1. The number of nitrogens with two attached hydrogens (primary N) is 1. The van der Waals surface area contributed by atoms with Crippen LogP contribution in [-0.2, 0) is 5.41 Å². The van der Waals surface area contributed by atoms with Gasteiger partial charge in [-0.25, -0.2) is 0 Å². The minimum absolute atomic E-state index is 0.304. The topological polar surface area (TPSA) is 29.3 Å². The lowest BCUT2D eigenvalue weighted by molar-refractivity contribution is 0.326. The Morgan fingerprint density at radius 1 is 1.38 bits per heavy atom. The number of piperidine rings is 1. The number of aryl methyl sites for hydroxylation is 1. The van der Waals surface area contributed by atoms with Crippen LogP contribution in [0.25, 0.3) is 0 Å². The van der Waals surface area contributed by atoms with Crippen molar-refractivity contribution in [3.8, 4) is 0 Å². The van der Waals surface area contributed by atoms with Gasteiger partial charge in [-0.1, -0.05) is 29.8 Å². The Kier molecular flexibility index (Phi) is 2.13. The van der Waals surface area contributed by atoms with Gasteiger partial charge in [-0.2, -0.15) is 0 Å². The number of benzene rings is 1. The van der Waals surface area contributed by atoms with E-state index in [1.807, 2.05) is 0 Å². The molecule has 2 fully saturated rings. The zero-order chi connectivity index (χ0) is 11.3. The highest BCUT2D eigenvalue weighted by molar-refractivity contribution is 5.41. The van der Waals surface area contributed by atoms with Gasteiger partial charge < -0.3 is 10.6 Å². The fourth-order valence-corrected chi connectivity index (χ4v) is 3.71. The van der Waals surface area contributed by atoms with Crippen molar-refractivity contribution >= 4 is 0 Å². The van der Waals surface area contributed by atoms with Crippen LogP contribution in [0.2, 0.25) is 0 Å². The van der Waals surface area contributed by atoms with Crippen molar-refractivity contribution in [2.24, 2.45) is 17.6 Å². The van der Waals surface area contributed by atoms with Gasteiger partial charge in [0.25, 0.3) is 0 Å². The summed E-state index contributed by atoms with van der Waals surface area (Å²) < 4.78 is 0. The van der Waals surface area contributed by atoms with Crippen LogP contribution >= 0.6 is 0 Å². The van der Waals surface area contributed by atoms with Crippen LogP contribution in [0.5, 0.6) is 0 Å². The Balaban J connectivity index is 1.94. The van der Waals surface area contributed by atoms with E-state index in [1.165, 1.54) is 24.2 Å². The molecule has 2 unspecified atom stereocenters. The van der Waals surface area contributed by atoms with Crippen LogP contribution in [0.1, 0.15) is 11.1 Å². The maximum Gasteiger partial charge on any atom is 0.0163 e. The molecule has 0 bridgehead atoms. The lowest BCUT2D eigenvalue weighted by atomic mass is 9.89. The molecule has 86 valence electrons. The molecule has 1 aromatic carbocycles. The summed E-state index contributed by atoms with van der Waals surface area (Å²) in [6.45, 7) is 5.41. The predicted octanol–water partition coefficient (Wildman–Crippen LogP) is 1.38. The van der Waals surface area contributed by atoms with Crippen molar-refractivity contribution in [2.45, 2.75) is 12.3 Å². The number of nitrogens with zero attached hydrogens (tertiary/aromatic N) is 1. The van der Waals surface area contributed by atoms with Gasteiger partial charge in [0.2, 0.25) is 0 Å². The normalized spacial score (nSPS) is 37.4. The number of likely N-dealkylation sites (tertiary alicyclic amines) is 1. The van der Waals surface area contributed by atoms with Crippen molar-refractivity contribution in [1.82, 2.24) is 4.90 Å². The zero-order valence-electron chi connectivity index (χ0n) is 10.1. The van der Waals surface area contributed by atoms with Crippen LogP contribution in [0, 0.1) is 18.8 Å². The van der Waals surface area contributed by atoms with Crippen molar-refractivity contribution < 1.29 is 0 Å². The molecular weight excluding hydrogens is 196 g/mol. The summed E-state index contributed by atoms with van der Waals surface area (Å²) in [5.41, 5.74) is 9.19. The van der Waals surface area contributed by atoms with Crippen molar-refractivity contribution in [2.75, 3.05) is 26.7 Å². The van der Waals surface area contributed by atoms with Crippen LogP contribution in [0.3, 0.4) is 0 Å². The quantitative estimate of drug-likeness (QED) is 0.809. The lowest BCUT2D eigenvalue weighted by Gasteiger charge is -2.23. The first kappa shape index (κ1) is 10.3. The van der Waals surface area contributed by atoms with Crippen molar-refractivity contribution in [3.05, 3.63) is 35.4 Å². The van der Waals surface area contributed by atoms with Gasteiger partial charge in [-0.3, -0.25) is 0 Å². The Hall–Kier alpha value is -0.860. The maximum absolute atomic E-state index is 6.07. The number of rotatable bonds is 2. The molecule has 0 spiro atoms. The van der Waals surface area contributed by atoms with E-state index in [-0.39, 0.29) is 0 Å². The standard InChI is InChI=1S/C14H20N2/c1-10-4-3-5-11(6-10)14(9-15)12-7-16(2)8-13(12)14/h3-6,12-13H,7-9,15H2,1-2H3. The molecule has 0 aromatic heterocycles. The van der Waals surface area contributed by atoms with E-state index in [4.69, 9.17) is 5.73 Å². The molecule has 1 saturated heterocycles. The molecule has 0 radical (unpaired) electrons. The van der Waals surface area contributed by atoms with Crippen molar-refractivity contribution in [1.29, 1.82) is 0 Å². The zero-order valence-corrected chi connectivity index (χ0v) is 10.1. The lowest BCUT2D eigenvalue weighted by Crippen LogP contribution is -2.33. The average Bonchev–Trinajstić information content (AvgIpc) is 2.66. The second kappa shape index (κ2) is 3.31.